The highest BCUT2D eigenvalue weighted by molar-refractivity contribution is 7.89. The van der Waals surface area contributed by atoms with Crippen LogP contribution in [0.2, 0.25) is 0 Å². The quantitative estimate of drug-likeness (QED) is 0.510. The highest BCUT2D eigenvalue weighted by atomic mass is 32.2. The maximum absolute atomic E-state index is 12.4. The van der Waals surface area contributed by atoms with Gasteiger partial charge in [-0.3, -0.25) is 9.59 Å². The molecule has 1 rings (SSSR count). The van der Waals surface area contributed by atoms with Crippen LogP contribution in [0.3, 0.4) is 0 Å². The van der Waals surface area contributed by atoms with Crippen LogP contribution >= 0.6 is 0 Å². The lowest BCUT2D eigenvalue weighted by Gasteiger charge is -2.21. The van der Waals surface area contributed by atoms with E-state index in [1.807, 2.05) is 20.8 Å². The number of ether oxygens (including phenoxy) is 1. The summed E-state index contributed by atoms with van der Waals surface area (Å²) in [4.78, 5) is 25.8. The molecule has 9 heteroatoms. The molecule has 0 atom stereocenters. The lowest BCUT2D eigenvalue weighted by atomic mass is 10.3. The SMILES string of the molecule is CCCNC(=O)CN(CCC)C(=O)CCNS(=O)(=O)c1ccc(OCC)cc1. The summed E-state index contributed by atoms with van der Waals surface area (Å²) in [6.07, 6.45) is 1.52. The molecule has 0 unspecified atom stereocenters. The minimum atomic E-state index is -3.72. The first-order valence-electron chi connectivity index (χ1n) is 9.61. The number of nitrogens with one attached hydrogen (secondary N) is 2. The van der Waals surface area contributed by atoms with E-state index in [1.54, 1.807) is 12.1 Å². The van der Waals surface area contributed by atoms with Crippen LogP contribution in [0.4, 0.5) is 0 Å². The Morgan fingerprint density at radius 3 is 2.29 bits per heavy atom. The second-order valence-corrected chi connectivity index (χ2v) is 7.98. The van der Waals surface area contributed by atoms with Crippen LogP contribution in [0.25, 0.3) is 0 Å². The fraction of sp³-hybridized carbons (Fsp3) is 0.579. The maximum Gasteiger partial charge on any atom is 0.240 e. The summed E-state index contributed by atoms with van der Waals surface area (Å²) >= 11 is 0. The van der Waals surface area contributed by atoms with Gasteiger partial charge in [0.2, 0.25) is 21.8 Å². The van der Waals surface area contributed by atoms with Crippen molar-refractivity contribution in [3.05, 3.63) is 24.3 Å². The predicted octanol–water partition coefficient (Wildman–Crippen LogP) is 1.52. The Bertz CT molecular complexity index is 720. The van der Waals surface area contributed by atoms with Crippen LogP contribution in [-0.2, 0) is 19.6 Å². The van der Waals surface area contributed by atoms with Crippen LogP contribution in [0.15, 0.2) is 29.2 Å². The summed E-state index contributed by atoms with van der Waals surface area (Å²) in [6.45, 7) is 7.17. The topological polar surface area (TPSA) is 105 Å². The molecule has 0 saturated heterocycles. The monoisotopic (exact) mass is 413 g/mol. The average molecular weight is 414 g/mol. The molecule has 28 heavy (non-hydrogen) atoms. The molecule has 1 aromatic carbocycles. The minimum absolute atomic E-state index is 0.0156. The fourth-order valence-corrected chi connectivity index (χ4v) is 3.50. The van der Waals surface area contributed by atoms with E-state index in [9.17, 15) is 18.0 Å². The van der Waals surface area contributed by atoms with Gasteiger partial charge in [-0.2, -0.15) is 0 Å². The zero-order chi connectivity index (χ0) is 21.0. The van der Waals surface area contributed by atoms with E-state index in [4.69, 9.17) is 4.74 Å². The molecule has 0 fully saturated rings. The third-order valence-electron chi connectivity index (χ3n) is 3.83. The average Bonchev–Trinajstić information content (AvgIpc) is 2.66. The van der Waals surface area contributed by atoms with Crippen molar-refractivity contribution in [1.82, 2.24) is 14.9 Å². The van der Waals surface area contributed by atoms with E-state index in [2.05, 4.69) is 10.0 Å². The fourth-order valence-electron chi connectivity index (χ4n) is 2.47. The smallest absolute Gasteiger partial charge is 0.240 e. The second kappa shape index (κ2) is 12.4. The first-order valence-corrected chi connectivity index (χ1v) is 11.1. The molecule has 2 amide bonds. The Labute approximate surface area is 167 Å². The van der Waals surface area contributed by atoms with Crippen molar-refractivity contribution in [3.63, 3.8) is 0 Å². The highest BCUT2D eigenvalue weighted by Gasteiger charge is 2.18. The van der Waals surface area contributed by atoms with Crippen molar-refractivity contribution in [2.45, 2.75) is 44.9 Å². The molecule has 0 heterocycles. The van der Waals surface area contributed by atoms with Crippen LogP contribution < -0.4 is 14.8 Å². The molecule has 0 aliphatic rings. The van der Waals surface area contributed by atoms with E-state index in [1.165, 1.54) is 17.0 Å². The van der Waals surface area contributed by atoms with Crippen molar-refractivity contribution in [2.24, 2.45) is 0 Å². The number of sulfonamides is 1. The number of benzene rings is 1. The molecule has 0 aliphatic heterocycles. The molecule has 0 saturated carbocycles. The summed E-state index contributed by atoms with van der Waals surface area (Å²) in [5.74, 6) is 0.120. The van der Waals surface area contributed by atoms with Gasteiger partial charge < -0.3 is 15.0 Å². The van der Waals surface area contributed by atoms with Gasteiger partial charge in [-0.05, 0) is 44.0 Å². The highest BCUT2D eigenvalue weighted by Crippen LogP contribution is 2.15. The van der Waals surface area contributed by atoms with Crippen molar-refractivity contribution < 1.29 is 22.7 Å². The van der Waals surface area contributed by atoms with Gasteiger partial charge >= 0.3 is 0 Å². The Hall–Kier alpha value is -2.13. The normalized spacial score (nSPS) is 11.1. The molecular formula is C19H31N3O5S. The van der Waals surface area contributed by atoms with Gasteiger partial charge in [0.25, 0.3) is 0 Å². The van der Waals surface area contributed by atoms with E-state index in [-0.39, 0.29) is 36.2 Å². The lowest BCUT2D eigenvalue weighted by Crippen LogP contribution is -2.42. The lowest BCUT2D eigenvalue weighted by molar-refractivity contribution is -0.136. The molecule has 0 radical (unpaired) electrons. The Balaban J connectivity index is 2.58. The molecule has 1 aromatic rings. The number of amides is 2. The van der Waals surface area contributed by atoms with E-state index >= 15 is 0 Å². The third kappa shape index (κ3) is 8.26. The van der Waals surface area contributed by atoms with Crippen LogP contribution in [0, 0.1) is 0 Å². The molecule has 2 N–H and O–H groups in total. The van der Waals surface area contributed by atoms with Gasteiger partial charge in [0.05, 0.1) is 18.0 Å². The largest absolute Gasteiger partial charge is 0.494 e. The maximum atomic E-state index is 12.4. The molecule has 0 aliphatic carbocycles. The van der Waals surface area contributed by atoms with Gasteiger partial charge in [-0.25, -0.2) is 13.1 Å². The van der Waals surface area contributed by atoms with Gasteiger partial charge in [0.1, 0.15) is 5.75 Å². The van der Waals surface area contributed by atoms with Crippen LogP contribution in [-0.4, -0.2) is 57.9 Å². The summed E-state index contributed by atoms with van der Waals surface area (Å²) in [5.41, 5.74) is 0. The van der Waals surface area contributed by atoms with Crippen molar-refractivity contribution in [3.8, 4) is 5.75 Å². The number of carbonyl (C=O) groups excluding carboxylic acids is 2. The number of hydrogen-bond donors (Lipinski definition) is 2. The first-order chi connectivity index (χ1) is 13.3. The number of nitrogens with zero attached hydrogens (tertiary/aromatic N) is 1. The van der Waals surface area contributed by atoms with Crippen molar-refractivity contribution >= 4 is 21.8 Å². The molecule has 158 valence electrons. The van der Waals surface area contributed by atoms with Gasteiger partial charge in [-0.15, -0.1) is 0 Å². The predicted molar refractivity (Wildman–Crippen MR) is 108 cm³/mol. The van der Waals surface area contributed by atoms with E-state index < -0.39 is 10.0 Å². The standard InChI is InChI=1S/C19H31N3O5S/c1-4-12-20-18(23)15-22(14-5-2)19(24)11-13-21-28(25,26)17-9-7-16(8-10-17)27-6-3/h7-10,21H,4-6,11-15H2,1-3H3,(H,20,23). The molecular weight excluding hydrogens is 382 g/mol. The first kappa shape index (κ1) is 23.9. The number of rotatable bonds is 13. The van der Waals surface area contributed by atoms with Gasteiger partial charge in [0, 0.05) is 26.1 Å². The van der Waals surface area contributed by atoms with Crippen LogP contribution in [0.1, 0.15) is 40.0 Å². The number of carbonyl (C=O) groups is 2. The van der Waals surface area contributed by atoms with Gasteiger partial charge in [-0.1, -0.05) is 13.8 Å². The van der Waals surface area contributed by atoms with Crippen molar-refractivity contribution in [1.29, 1.82) is 0 Å². The zero-order valence-corrected chi connectivity index (χ0v) is 17.7. The summed E-state index contributed by atoms with van der Waals surface area (Å²) in [6, 6.07) is 6.08. The van der Waals surface area contributed by atoms with Gasteiger partial charge in [0.15, 0.2) is 0 Å². The minimum Gasteiger partial charge on any atom is -0.494 e. The molecule has 8 nitrogen and oxygen atoms in total. The molecule has 0 spiro atoms. The zero-order valence-electron chi connectivity index (χ0n) is 16.9. The Kier molecular flexibility index (Phi) is 10.5. The third-order valence-corrected chi connectivity index (χ3v) is 5.31. The summed E-state index contributed by atoms with van der Waals surface area (Å²) < 4.78 is 32.4. The van der Waals surface area contributed by atoms with E-state index in [0.717, 1.165) is 6.42 Å². The number of hydrogen-bond acceptors (Lipinski definition) is 5. The molecule has 0 aromatic heterocycles. The second-order valence-electron chi connectivity index (χ2n) is 6.22. The Morgan fingerprint density at radius 2 is 1.71 bits per heavy atom. The van der Waals surface area contributed by atoms with Crippen LogP contribution in [0.5, 0.6) is 5.75 Å². The summed E-state index contributed by atoms with van der Waals surface area (Å²) in [5, 5.41) is 2.74. The van der Waals surface area contributed by atoms with E-state index in [0.29, 0.717) is 31.9 Å². The Morgan fingerprint density at radius 1 is 1.04 bits per heavy atom. The molecule has 0 bridgehead atoms. The summed E-state index contributed by atoms with van der Waals surface area (Å²) in [7, 11) is -3.72. The van der Waals surface area contributed by atoms with Crippen molar-refractivity contribution in [2.75, 3.05) is 32.8 Å².